The van der Waals surface area contributed by atoms with E-state index in [9.17, 15) is 0 Å². The first-order valence-electron chi connectivity index (χ1n) is 5.59. The van der Waals surface area contributed by atoms with Gasteiger partial charge in [0, 0.05) is 13.2 Å². The Kier molecular flexibility index (Phi) is 4.63. The van der Waals surface area contributed by atoms with Crippen LogP contribution in [-0.2, 0) is 4.74 Å². The number of ether oxygens (including phenoxy) is 1. The summed E-state index contributed by atoms with van der Waals surface area (Å²) in [4.78, 5) is 0. The van der Waals surface area contributed by atoms with Gasteiger partial charge in [0.05, 0.1) is 6.10 Å². The van der Waals surface area contributed by atoms with Crippen molar-refractivity contribution in [1.82, 2.24) is 5.32 Å². The molecule has 0 heterocycles. The molecular weight excluding hydrogens is 174 g/mol. The van der Waals surface area contributed by atoms with E-state index in [4.69, 9.17) is 4.74 Å². The normalized spacial score (nSPS) is 20.5. The van der Waals surface area contributed by atoms with E-state index in [1.165, 1.54) is 18.4 Å². The average molecular weight is 197 g/mol. The molecule has 0 aliphatic heterocycles. The van der Waals surface area contributed by atoms with E-state index < -0.39 is 0 Å². The van der Waals surface area contributed by atoms with Crippen LogP contribution in [-0.4, -0.2) is 26.3 Å². The Labute approximate surface area is 87.7 Å². The molecule has 2 nitrogen and oxygen atoms in total. The summed E-state index contributed by atoms with van der Waals surface area (Å²) in [6, 6.07) is 0.444. The summed E-state index contributed by atoms with van der Waals surface area (Å²) < 4.78 is 5.57. The Balaban J connectivity index is 2.45. The quantitative estimate of drug-likeness (QED) is 0.633. The number of nitrogens with one attached hydrogen (secondary N) is 1. The molecule has 0 spiro atoms. The van der Waals surface area contributed by atoms with Gasteiger partial charge in [0.2, 0.25) is 0 Å². The molecule has 1 aliphatic carbocycles. The second-order valence-corrected chi connectivity index (χ2v) is 4.24. The molecule has 14 heavy (non-hydrogen) atoms. The van der Waals surface area contributed by atoms with Crippen molar-refractivity contribution in [3.63, 3.8) is 0 Å². The third kappa shape index (κ3) is 3.10. The maximum atomic E-state index is 5.57. The topological polar surface area (TPSA) is 21.3 Å². The number of hydrogen-bond donors (Lipinski definition) is 1. The molecule has 0 radical (unpaired) electrons. The van der Waals surface area contributed by atoms with E-state index in [1.54, 1.807) is 0 Å². The maximum absolute atomic E-state index is 5.57. The van der Waals surface area contributed by atoms with Crippen LogP contribution in [0.4, 0.5) is 0 Å². The monoisotopic (exact) mass is 197 g/mol. The molecule has 1 N–H and O–H groups in total. The fraction of sp³-hybridized carbons (Fsp3) is 0.833. The highest BCUT2D eigenvalue weighted by Gasteiger charge is 2.36. The molecule has 0 amide bonds. The SMILES string of the molecule is C=C(CC)CC(NC)C(OC)C1CC1. The van der Waals surface area contributed by atoms with Gasteiger partial charge in [0.1, 0.15) is 0 Å². The van der Waals surface area contributed by atoms with Crippen molar-refractivity contribution in [1.29, 1.82) is 0 Å². The van der Waals surface area contributed by atoms with Crippen LogP contribution in [0.25, 0.3) is 0 Å². The maximum Gasteiger partial charge on any atom is 0.0755 e. The van der Waals surface area contributed by atoms with Gasteiger partial charge in [0.25, 0.3) is 0 Å². The van der Waals surface area contributed by atoms with Gasteiger partial charge in [-0.3, -0.25) is 0 Å². The van der Waals surface area contributed by atoms with Crippen LogP contribution in [0.2, 0.25) is 0 Å². The summed E-state index contributed by atoms with van der Waals surface area (Å²) in [5.74, 6) is 0.780. The standard InChI is InChI=1S/C12H23NO/c1-5-9(2)8-11(13-3)12(14-4)10-6-7-10/h10-13H,2,5-8H2,1,3-4H3. The molecule has 0 aromatic rings. The zero-order valence-electron chi connectivity index (χ0n) is 9.68. The fourth-order valence-electron chi connectivity index (χ4n) is 1.95. The van der Waals surface area contributed by atoms with Crippen LogP contribution >= 0.6 is 0 Å². The van der Waals surface area contributed by atoms with Crippen LogP contribution < -0.4 is 5.32 Å². The van der Waals surface area contributed by atoms with E-state index in [0.717, 1.165) is 18.8 Å². The smallest absolute Gasteiger partial charge is 0.0755 e. The number of hydrogen-bond acceptors (Lipinski definition) is 2. The highest BCUT2D eigenvalue weighted by molar-refractivity contribution is 5.01. The van der Waals surface area contributed by atoms with E-state index in [0.29, 0.717) is 12.1 Å². The molecule has 0 saturated heterocycles. The first-order valence-corrected chi connectivity index (χ1v) is 5.59. The predicted molar refractivity (Wildman–Crippen MR) is 60.4 cm³/mol. The van der Waals surface area contributed by atoms with Gasteiger partial charge in [-0.25, -0.2) is 0 Å². The van der Waals surface area contributed by atoms with Crippen LogP contribution in [0.5, 0.6) is 0 Å². The lowest BCUT2D eigenvalue weighted by Gasteiger charge is -2.26. The average Bonchev–Trinajstić information content (AvgIpc) is 3.01. The number of methoxy groups -OCH3 is 1. The van der Waals surface area contributed by atoms with E-state index >= 15 is 0 Å². The van der Waals surface area contributed by atoms with Crippen molar-refractivity contribution in [3.8, 4) is 0 Å². The molecule has 2 atom stereocenters. The minimum Gasteiger partial charge on any atom is -0.380 e. The molecule has 0 aromatic heterocycles. The van der Waals surface area contributed by atoms with Gasteiger partial charge in [-0.05, 0) is 38.6 Å². The largest absolute Gasteiger partial charge is 0.380 e. The molecule has 2 heteroatoms. The Hall–Kier alpha value is -0.340. The van der Waals surface area contributed by atoms with Gasteiger partial charge in [-0.15, -0.1) is 0 Å². The second-order valence-electron chi connectivity index (χ2n) is 4.24. The van der Waals surface area contributed by atoms with Crippen LogP contribution in [0.15, 0.2) is 12.2 Å². The second kappa shape index (κ2) is 5.52. The third-order valence-electron chi connectivity index (χ3n) is 3.13. The van der Waals surface area contributed by atoms with Gasteiger partial charge >= 0.3 is 0 Å². The molecule has 0 aromatic carbocycles. The van der Waals surface area contributed by atoms with Crippen molar-refractivity contribution in [2.45, 2.75) is 44.8 Å². The molecule has 0 bridgehead atoms. The van der Waals surface area contributed by atoms with Gasteiger partial charge in [-0.2, -0.15) is 0 Å². The van der Waals surface area contributed by atoms with E-state index in [-0.39, 0.29) is 0 Å². The van der Waals surface area contributed by atoms with Crippen LogP contribution in [0.1, 0.15) is 32.6 Å². The highest BCUT2D eigenvalue weighted by Crippen LogP contribution is 2.36. The summed E-state index contributed by atoms with van der Waals surface area (Å²) in [6.45, 7) is 6.22. The highest BCUT2D eigenvalue weighted by atomic mass is 16.5. The summed E-state index contributed by atoms with van der Waals surface area (Å²) >= 11 is 0. The zero-order chi connectivity index (χ0) is 10.6. The van der Waals surface area contributed by atoms with E-state index in [2.05, 4.69) is 18.8 Å². The minimum atomic E-state index is 0.378. The summed E-state index contributed by atoms with van der Waals surface area (Å²) in [6.07, 6.45) is 5.15. The predicted octanol–water partition coefficient (Wildman–Crippen LogP) is 2.36. The lowest BCUT2D eigenvalue weighted by Crippen LogP contribution is -2.40. The van der Waals surface area contributed by atoms with Crippen molar-refractivity contribution >= 4 is 0 Å². The summed E-state index contributed by atoms with van der Waals surface area (Å²) in [7, 11) is 3.84. The molecule has 1 rings (SSSR count). The Bertz CT molecular complexity index is 187. The van der Waals surface area contributed by atoms with Gasteiger partial charge in [0.15, 0.2) is 0 Å². The fourth-order valence-corrected chi connectivity index (χ4v) is 1.95. The molecule has 1 saturated carbocycles. The third-order valence-corrected chi connectivity index (χ3v) is 3.13. The first-order chi connectivity index (χ1) is 6.72. The molecular formula is C12H23NO. The van der Waals surface area contributed by atoms with Crippen molar-refractivity contribution in [2.75, 3.05) is 14.2 Å². The molecule has 1 aliphatic rings. The zero-order valence-corrected chi connectivity index (χ0v) is 9.68. The summed E-state index contributed by atoms with van der Waals surface area (Å²) in [5.41, 5.74) is 1.31. The first kappa shape index (κ1) is 11.7. The van der Waals surface area contributed by atoms with Crippen LogP contribution in [0.3, 0.4) is 0 Å². The van der Waals surface area contributed by atoms with Crippen molar-refractivity contribution < 1.29 is 4.74 Å². The summed E-state index contributed by atoms with van der Waals surface area (Å²) in [5, 5.41) is 3.35. The number of rotatable bonds is 7. The molecule has 2 unspecified atom stereocenters. The Morgan fingerprint density at radius 3 is 2.57 bits per heavy atom. The van der Waals surface area contributed by atoms with Gasteiger partial charge < -0.3 is 10.1 Å². The Morgan fingerprint density at radius 2 is 2.21 bits per heavy atom. The lowest BCUT2D eigenvalue weighted by atomic mass is 9.98. The van der Waals surface area contributed by atoms with Crippen molar-refractivity contribution in [3.05, 3.63) is 12.2 Å². The molecule has 1 fully saturated rings. The minimum absolute atomic E-state index is 0.378. The Morgan fingerprint density at radius 1 is 1.57 bits per heavy atom. The molecule has 82 valence electrons. The number of likely N-dealkylation sites (N-methyl/N-ethyl adjacent to an activating group) is 1. The van der Waals surface area contributed by atoms with Crippen molar-refractivity contribution in [2.24, 2.45) is 5.92 Å². The lowest BCUT2D eigenvalue weighted by molar-refractivity contribution is 0.0533. The van der Waals surface area contributed by atoms with Gasteiger partial charge in [-0.1, -0.05) is 19.1 Å². The van der Waals surface area contributed by atoms with E-state index in [1.807, 2.05) is 14.2 Å². The van der Waals surface area contributed by atoms with Crippen LogP contribution in [0, 0.1) is 5.92 Å².